The van der Waals surface area contributed by atoms with Crippen LogP contribution >= 0.6 is 0 Å². The third-order valence-corrected chi connectivity index (χ3v) is 1.54. The molecule has 0 saturated carbocycles. The van der Waals surface area contributed by atoms with Crippen molar-refractivity contribution in [2.75, 3.05) is 6.61 Å². The van der Waals surface area contributed by atoms with Crippen LogP contribution in [0.2, 0.25) is 0 Å². The van der Waals surface area contributed by atoms with Gasteiger partial charge in [0.2, 0.25) is 0 Å². The summed E-state index contributed by atoms with van der Waals surface area (Å²) in [5.74, 6) is -0.246. The highest BCUT2D eigenvalue weighted by Gasteiger charge is 2.22. The lowest BCUT2D eigenvalue weighted by Crippen LogP contribution is -2.32. The summed E-state index contributed by atoms with van der Waals surface area (Å²) in [6.07, 6.45) is 2.21. The van der Waals surface area contributed by atoms with Crippen molar-refractivity contribution in [3.05, 3.63) is 0 Å². The first kappa shape index (κ1) is 12.4. The van der Waals surface area contributed by atoms with E-state index >= 15 is 0 Å². The van der Waals surface area contributed by atoms with E-state index in [9.17, 15) is 4.79 Å². The van der Waals surface area contributed by atoms with Crippen LogP contribution in [0.5, 0.6) is 0 Å². The quantitative estimate of drug-likeness (QED) is 0.395. The van der Waals surface area contributed by atoms with Gasteiger partial charge < -0.3 is 4.74 Å². The molecule has 0 aliphatic carbocycles. The number of carbonyl (C=O) groups is 1. The van der Waals surface area contributed by atoms with E-state index in [1.165, 1.54) is 0 Å². The molecule has 0 fully saturated rings. The molecule has 13 heavy (non-hydrogen) atoms. The first-order chi connectivity index (χ1) is 6.02. The van der Waals surface area contributed by atoms with E-state index in [1.807, 2.05) is 6.92 Å². The van der Waals surface area contributed by atoms with E-state index in [4.69, 9.17) is 9.99 Å². The van der Waals surface area contributed by atoms with Gasteiger partial charge in [0.25, 0.3) is 0 Å². The van der Waals surface area contributed by atoms with Crippen molar-refractivity contribution in [1.82, 2.24) is 0 Å². The average Bonchev–Trinajstić information content (AvgIpc) is 1.99. The molecule has 0 saturated heterocycles. The molecule has 0 aliphatic rings. The van der Waals surface area contributed by atoms with Crippen molar-refractivity contribution in [2.24, 2.45) is 0 Å². The van der Waals surface area contributed by atoms with Crippen molar-refractivity contribution in [3.63, 3.8) is 0 Å². The molecule has 0 atom stereocenters. The van der Waals surface area contributed by atoms with Crippen LogP contribution < -0.4 is 0 Å². The smallest absolute Gasteiger partial charge is 0.306 e. The standard InChI is InChI=1S/C9H18O4/c1-4-5-6-8(10)13-9(2,3)7-12-11/h11H,4-7H2,1-3H3. The molecule has 1 N–H and O–H groups in total. The highest BCUT2D eigenvalue weighted by molar-refractivity contribution is 5.69. The van der Waals surface area contributed by atoms with Gasteiger partial charge in [-0.15, -0.1) is 0 Å². The second-order valence-electron chi connectivity index (χ2n) is 3.61. The first-order valence-electron chi connectivity index (χ1n) is 4.50. The first-order valence-corrected chi connectivity index (χ1v) is 4.50. The number of rotatable bonds is 6. The Kier molecular flexibility index (Phi) is 5.66. The fraction of sp³-hybridized carbons (Fsp3) is 0.889. The van der Waals surface area contributed by atoms with Gasteiger partial charge in [-0.05, 0) is 20.3 Å². The zero-order valence-electron chi connectivity index (χ0n) is 8.50. The fourth-order valence-electron chi connectivity index (χ4n) is 0.865. The topological polar surface area (TPSA) is 55.8 Å². The molecule has 0 unspecified atom stereocenters. The lowest BCUT2D eigenvalue weighted by atomic mass is 10.1. The van der Waals surface area contributed by atoms with Gasteiger partial charge in [-0.1, -0.05) is 13.3 Å². The molecule has 4 nitrogen and oxygen atoms in total. The van der Waals surface area contributed by atoms with Crippen LogP contribution in [0.3, 0.4) is 0 Å². The molecule has 0 aromatic heterocycles. The van der Waals surface area contributed by atoms with Gasteiger partial charge in [-0.3, -0.25) is 10.1 Å². The Balaban J connectivity index is 3.75. The summed E-state index contributed by atoms with van der Waals surface area (Å²) in [5, 5.41) is 8.20. The van der Waals surface area contributed by atoms with Crippen molar-refractivity contribution < 1.29 is 19.7 Å². The molecule has 0 heterocycles. The lowest BCUT2D eigenvalue weighted by Gasteiger charge is -2.22. The third-order valence-electron chi connectivity index (χ3n) is 1.54. The third kappa shape index (κ3) is 6.54. The van der Waals surface area contributed by atoms with Gasteiger partial charge >= 0.3 is 5.97 Å². The highest BCUT2D eigenvalue weighted by atomic mass is 17.1. The normalized spacial score (nSPS) is 11.4. The van der Waals surface area contributed by atoms with Crippen molar-refractivity contribution >= 4 is 5.97 Å². The summed E-state index contributed by atoms with van der Waals surface area (Å²) in [4.78, 5) is 15.1. The molecule has 0 bridgehead atoms. The average molecular weight is 190 g/mol. The van der Waals surface area contributed by atoms with Gasteiger partial charge in [0.15, 0.2) is 0 Å². The van der Waals surface area contributed by atoms with Crippen molar-refractivity contribution in [3.8, 4) is 0 Å². The number of unbranched alkanes of at least 4 members (excludes halogenated alkanes) is 1. The summed E-state index contributed by atoms with van der Waals surface area (Å²) in [7, 11) is 0. The van der Waals surface area contributed by atoms with Gasteiger partial charge in [-0.25, -0.2) is 4.89 Å². The summed E-state index contributed by atoms with van der Waals surface area (Å²) in [5.41, 5.74) is -0.750. The molecule has 0 aliphatic heterocycles. The number of esters is 1. The molecule has 0 aromatic carbocycles. The molecule has 0 radical (unpaired) electrons. The predicted octanol–water partition coefficient (Wildman–Crippen LogP) is 1.99. The maximum Gasteiger partial charge on any atom is 0.306 e. The van der Waals surface area contributed by atoms with Crippen LogP contribution in [0.25, 0.3) is 0 Å². The Morgan fingerprint density at radius 1 is 1.46 bits per heavy atom. The van der Waals surface area contributed by atoms with E-state index in [-0.39, 0.29) is 12.6 Å². The van der Waals surface area contributed by atoms with Gasteiger partial charge in [-0.2, -0.15) is 0 Å². The SMILES string of the molecule is CCCCC(=O)OC(C)(C)COO. The second kappa shape index (κ2) is 5.94. The maximum atomic E-state index is 11.1. The zero-order valence-corrected chi connectivity index (χ0v) is 8.50. The molecular weight excluding hydrogens is 172 g/mol. The predicted molar refractivity (Wildman–Crippen MR) is 48.3 cm³/mol. The summed E-state index contributed by atoms with van der Waals surface area (Å²) in [6.45, 7) is 5.38. The van der Waals surface area contributed by atoms with Gasteiger partial charge in [0.1, 0.15) is 12.2 Å². The van der Waals surface area contributed by atoms with Crippen LogP contribution in [-0.2, 0) is 14.4 Å². The number of ether oxygens (including phenoxy) is 1. The molecule has 0 amide bonds. The molecular formula is C9H18O4. The summed E-state index contributed by atoms with van der Waals surface area (Å²) in [6, 6.07) is 0. The minimum atomic E-state index is -0.750. The molecule has 78 valence electrons. The van der Waals surface area contributed by atoms with E-state index in [0.29, 0.717) is 6.42 Å². The molecule has 0 spiro atoms. The van der Waals surface area contributed by atoms with Crippen LogP contribution in [0.4, 0.5) is 0 Å². The largest absolute Gasteiger partial charge is 0.457 e. The molecule has 4 heteroatoms. The lowest BCUT2D eigenvalue weighted by molar-refractivity contribution is -0.270. The Labute approximate surface area is 78.8 Å². The minimum Gasteiger partial charge on any atom is -0.457 e. The van der Waals surface area contributed by atoms with Crippen molar-refractivity contribution in [1.29, 1.82) is 0 Å². The number of hydrogen-bond acceptors (Lipinski definition) is 4. The Hall–Kier alpha value is -0.610. The maximum absolute atomic E-state index is 11.1. The number of carbonyl (C=O) groups excluding carboxylic acids is 1. The van der Waals surface area contributed by atoms with E-state index in [2.05, 4.69) is 4.89 Å². The molecule has 0 rings (SSSR count). The van der Waals surface area contributed by atoms with Gasteiger partial charge in [0, 0.05) is 6.42 Å². The Morgan fingerprint density at radius 2 is 2.08 bits per heavy atom. The number of hydrogen-bond donors (Lipinski definition) is 1. The van der Waals surface area contributed by atoms with E-state index in [1.54, 1.807) is 13.8 Å². The second-order valence-corrected chi connectivity index (χ2v) is 3.61. The van der Waals surface area contributed by atoms with Gasteiger partial charge in [0.05, 0.1) is 0 Å². The van der Waals surface area contributed by atoms with Crippen LogP contribution in [0.1, 0.15) is 40.0 Å². The monoisotopic (exact) mass is 190 g/mol. The summed E-state index contributed by atoms with van der Waals surface area (Å²) < 4.78 is 5.06. The van der Waals surface area contributed by atoms with E-state index in [0.717, 1.165) is 12.8 Å². The van der Waals surface area contributed by atoms with Crippen LogP contribution in [-0.4, -0.2) is 23.4 Å². The van der Waals surface area contributed by atoms with E-state index < -0.39 is 5.60 Å². The Bertz CT molecular complexity index is 154. The van der Waals surface area contributed by atoms with Crippen LogP contribution in [0.15, 0.2) is 0 Å². The van der Waals surface area contributed by atoms with Crippen molar-refractivity contribution in [2.45, 2.75) is 45.6 Å². The summed E-state index contributed by atoms with van der Waals surface area (Å²) >= 11 is 0. The molecule has 0 aromatic rings. The zero-order chi connectivity index (χ0) is 10.3. The Morgan fingerprint density at radius 3 is 2.54 bits per heavy atom. The van der Waals surface area contributed by atoms with Crippen LogP contribution in [0, 0.1) is 0 Å². The minimum absolute atomic E-state index is 0.00906. The highest BCUT2D eigenvalue weighted by Crippen LogP contribution is 2.11. The fourth-order valence-corrected chi connectivity index (χ4v) is 0.865.